The summed E-state index contributed by atoms with van der Waals surface area (Å²) >= 11 is 0. The highest BCUT2D eigenvalue weighted by molar-refractivity contribution is 5.85. The van der Waals surface area contributed by atoms with Crippen molar-refractivity contribution >= 4 is 11.8 Å². The van der Waals surface area contributed by atoms with Crippen LogP contribution in [0.25, 0.3) is 0 Å². The smallest absolute Gasteiger partial charge is 0.239 e. The number of carbonyl (C=O) groups excluding carboxylic acids is 2. The van der Waals surface area contributed by atoms with Crippen molar-refractivity contribution in [2.75, 3.05) is 13.1 Å². The maximum Gasteiger partial charge on any atom is 0.239 e. The summed E-state index contributed by atoms with van der Waals surface area (Å²) in [6, 6.07) is 0.159. The Bertz CT molecular complexity index is 207. The zero-order chi connectivity index (χ0) is 11.7. The molecule has 88 valence electrons. The number of nitrogens with one attached hydrogen (secondary N) is 2. The van der Waals surface area contributed by atoms with Crippen molar-refractivity contribution < 1.29 is 9.59 Å². The molecule has 4 N–H and O–H groups in total. The summed E-state index contributed by atoms with van der Waals surface area (Å²) in [5, 5.41) is 5.22. The van der Waals surface area contributed by atoms with Crippen molar-refractivity contribution in [2.24, 2.45) is 5.73 Å². The van der Waals surface area contributed by atoms with Gasteiger partial charge in [-0.1, -0.05) is 19.8 Å². The van der Waals surface area contributed by atoms with Crippen LogP contribution in [-0.4, -0.2) is 30.9 Å². The Morgan fingerprint density at radius 2 is 2.00 bits per heavy atom. The number of amides is 2. The monoisotopic (exact) mass is 215 g/mol. The van der Waals surface area contributed by atoms with E-state index in [4.69, 9.17) is 5.73 Å². The first-order valence-corrected chi connectivity index (χ1v) is 5.36. The van der Waals surface area contributed by atoms with Gasteiger partial charge in [-0.3, -0.25) is 9.59 Å². The molecule has 0 spiro atoms. The molecule has 0 saturated heterocycles. The highest BCUT2D eigenvalue weighted by Gasteiger charge is 2.07. The molecular weight excluding hydrogens is 194 g/mol. The van der Waals surface area contributed by atoms with E-state index < -0.39 is 0 Å². The van der Waals surface area contributed by atoms with Crippen molar-refractivity contribution in [3.05, 3.63) is 0 Å². The summed E-state index contributed by atoms with van der Waals surface area (Å²) in [6.45, 7) is 3.99. The van der Waals surface area contributed by atoms with Gasteiger partial charge in [-0.25, -0.2) is 0 Å². The summed E-state index contributed by atoms with van der Waals surface area (Å²) in [5.74, 6) is -0.480. The topological polar surface area (TPSA) is 84.2 Å². The van der Waals surface area contributed by atoms with Crippen molar-refractivity contribution in [3.63, 3.8) is 0 Å². The Labute approximate surface area is 90.8 Å². The molecule has 1 unspecified atom stereocenters. The third kappa shape index (κ3) is 7.93. The van der Waals surface area contributed by atoms with E-state index in [9.17, 15) is 9.59 Å². The Morgan fingerprint density at radius 3 is 2.53 bits per heavy atom. The van der Waals surface area contributed by atoms with Crippen molar-refractivity contribution in [1.29, 1.82) is 0 Å². The van der Waals surface area contributed by atoms with Crippen molar-refractivity contribution in [3.8, 4) is 0 Å². The minimum atomic E-state index is -0.314. The van der Waals surface area contributed by atoms with Gasteiger partial charge in [0, 0.05) is 6.04 Å². The number of hydrogen-bond acceptors (Lipinski definition) is 3. The van der Waals surface area contributed by atoms with Gasteiger partial charge in [0.2, 0.25) is 11.8 Å². The molecule has 0 aliphatic heterocycles. The maximum atomic E-state index is 11.3. The van der Waals surface area contributed by atoms with Gasteiger partial charge in [0.1, 0.15) is 0 Å². The second-order valence-corrected chi connectivity index (χ2v) is 3.59. The van der Waals surface area contributed by atoms with Gasteiger partial charge < -0.3 is 16.4 Å². The van der Waals surface area contributed by atoms with E-state index >= 15 is 0 Å². The van der Waals surface area contributed by atoms with Crippen LogP contribution in [0.5, 0.6) is 0 Å². The predicted octanol–water partition coefficient (Wildman–Crippen LogP) is -0.244. The Balaban J connectivity index is 3.59. The van der Waals surface area contributed by atoms with E-state index in [1.807, 2.05) is 6.92 Å². The van der Waals surface area contributed by atoms with Gasteiger partial charge in [-0.2, -0.15) is 0 Å². The lowest BCUT2D eigenvalue weighted by Gasteiger charge is -2.13. The summed E-state index contributed by atoms with van der Waals surface area (Å²) < 4.78 is 0. The molecule has 2 amide bonds. The Hall–Kier alpha value is -1.10. The number of nitrogens with two attached hydrogens (primary N) is 1. The Kier molecular flexibility index (Phi) is 7.62. The third-order valence-corrected chi connectivity index (χ3v) is 2.03. The van der Waals surface area contributed by atoms with Crippen molar-refractivity contribution in [1.82, 2.24) is 10.6 Å². The number of carbonyl (C=O) groups is 2. The van der Waals surface area contributed by atoms with Crippen LogP contribution >= 0.6 is 0 Å². The van der Waals surface area contributed by atoms with Gasteiger partial charge in [-0.15, -0.1) is 0 Å². The molecule has 0 saturated carbocycles. The van der Waals surface area contributed by atoms with Crippen LogP contribution in [0.1, 0.15) is 33.1 Å². The van der Waals surface area contributed by atoms with Crippen LogP contribution in [0, 0.1) is 0 Å². The lowest BCUT2D eigenvalue weighted by atomic mass is 10.1. The van der Waals surface area contributed by atoms with E-state index in [1.165, 1.54) is 0 Å². The molecule has 0 fully saturated rings. The van der Waals surface area contributed by atoms with Gasteiger partial charge in [-0.05, 0) is 13.3 Å². The lowest BCUT2D eigenvalue weighted by Crippen LogP contribution is -2.42. The fraction of sp³-hybridized carbons (Fsp3) is 0.800. The molecule has 0 aromatic heterocycles. The van der Waals surface area contributed by atoms with Crippen LogP contribution < -0.4 is 16.4 Å². The van der Waals surface area contributed by atoms with Gasteiger partial charge in [0.15, 0.2) is 0 Å². The van der Waals surface area contributed by atoms with Crippen LogP contribution in [0.4, 0.5) is 0 Å². The van der Waals surface area contributed by atoms with E-state index in [2.05, 4.69) is 17.6 Å². The number of unbranched alkanes of at least 4 members (excludes halogenated alkanes) is 1. The molecule has 5 heteroatoms. The first-order valence-electron chi connectivity index (χ1n) is 5.36. The number of hydrogen-bond donors (Lipinski definition) is 3. The minimum Gasteiger partial charge on any atom is -0.352 e. The van der Waals surface area contributed by atoms with E-state index in [1.54, 1.807) is 0 Å². The predicted molar refractivity (Wildman–Crippen MR) is 59.2 cm³/mol. The first-order chi connectivity index (χ1) is 7.10. The summed E-state index contributed by atoms with van der Waals surface area (Å²) in [7, 11) is 0. The van der Waals surface area contributed by atoms with Crippen molar-refractivity contribution in [2.45, 2.75) is 39.2 Å². The van der Waals surface area contributed by atoms with E-state index in [-0.39, 0.29) is 30.9 Å². The van der Waals surface area contributed by atoms with Gasteiger partial charge >= 0.3 is 0 Å². The second-order valence-electron chi connectivity index (χ2n) is 3.59. The molecule has 0 heterocycles. The molecule has 1 atom stereocenters. The van der Waals surface area contributed by atoms with E-state index in [0.717, 1.165) is 19.3 Å². The third-order valence-electron chi connectivity index (χ3n) is 2.03. The highest BCUT2D eigenvalue weighted by atomic mass is 16.2. The second kappa shape index (κ2) is 8.23. The largest absolute Gasteiger partial charge is 0.352 e. The quantitative estimate of drug-likeness (QED) is 0.548. The van der Waals surface area contributed by atoms with E-state index in [0.29, 0.717) is 0 Å². The SMILES string of the molecule is CCCCC(C)NC(=O)CNC(=O)CN. The fourth-order valence-corrected chi connectivity index (χ4v) is 1.16. The lowest BCUT2D eigenvalue weighted by molar-refractivity contribution is -0.125. The molecule has 0 aromatic carbocycles. The zero-order valence-corrected chi connectivity index (χ0v) is 9.51. The molecule has 0 aliphatic carbocycles. The fourth-order valence-electron chi connectivity index (χ4n) is 1.16. The minimum absolute atomic E-state index is 0.00645. The molecule has 0 radical (unpaired) electrons. The van der Waals surface area contributed by atoms with Gasteiger partial charge in [0.25, 0.3) is 0 Å². The van der Waals surface area contributed by atoms with Crippen LogP contribution in [-0.2, 0) is 9.59 Å². The highest BCUT2D eigenvalue weighted by Crippen LogP contribution is 1.98. The molecule has 5 nitrogen and oxygen atoms in total. The van der Waals surface area contributed by atoms with Gasteiger partial charge in [0.05, 0.1) is 13.1 Å². The van der Waals surface area contributed by atoms with Crippen LogP contribution in [0.2, 0.25) is 0 Å². The van der Waals surface area contributed by atoms with Crippen LogP contribution in [0.3, 0.4) is 0 Å². The molecule has 0 aliphatic rings. The normalized spacial score (nSPS) is 11.9. The average molecular weight is 215 g/mol. The Morgan fingerprint density at radius 1 is 1.33 bits per heavy atom. The molecule has 0 aromatic rings. The summed E-state index contributed by atoms with van der Waals surface area (Å²) in [5.41, 5.74) is 5.08. The average Bonchev–Trinajstić information content (AvgIpc) is 2.22. The van der Waals surface area contributed by atoms with Crippen LogP contribution in [0.15, 0.2) is 0 Å². The summed E-state index contributed by atoms with van der Waals surface area (Å²) in [4.78, 5) is 22.0. The molecule has 0 bridgehead atoms. The molecule has 15 heavy (non-hydrogen) atoms. The maximum absolute atomic E-state index is 11.3. The first kappa shape index (κ1) is 13.9. The summed E-state index contributed by atoms with van der Waals surface area (Å²) in [6.07, 6.45) is 3.17. The zero-order valence-electron chi connectivity index (χ0n) is 9.51. The molecular formula is C10H21N3O2. The standard InChI is InChI=1S/C10H21N3O2/c1-3-4-5-8(2)13-10(15)7-12-9(14)6-11/h8H,3-7,11H2,1-2H3,(H,12,14)(H,13,15). The number of rotatable bonds is 7. The molecule has 0 rings (SSSR count).